The summed E-state index contributed by atoms with van der Waals surface area (Å²) in [7, 11) is 0. The first-order valence-corrected chi connectivity index (χ1v) is 15.0. The van der Waals surface area contributed by atoms with Crippen molar-refractivity contribution in [3.8, 4) is 17.6 Å². The molecule has 0 radical (unpaired) electrons. The van der Waals surface area contributed by atoms with Crippen molar-refractivity contribution in [3.05, 3.63) is 87.4 Å². The number of ether oxygens (including phenoxy) is 2. The highest BCUT2D eigenvalue weighted by Gasteiger charge is 2.54. The SMILES string of the molecule is CC(C)(C)OC(=O)N1C2CCC1(C#Cc1cc3ncnc(Nc4ccc(OCc5ccccn5)c(Cl)c4)c3cc1[N+](=O)[O-])CC2. The number of nitrogens with one attached hydrogen (secondary N) is 1. The van der Waals surface area contributed by atoms with Gasteiger partial charge >= 0.3 is 6.09 Å². The molecule has 4 heterocycles. The number of nitro benzene ring substituents is 1. The molecule has 2 aliphatic rings. The Labute approximate surface area is 265 Å². The van der Waals surface area contributed by atoms with Gasteiger partial charge in [0.1, 0.15) is 41.2 Å². The Morgan fingerprint density at radius 2 is 1.96 bits per heavy atom. The highest BCUT2D eigenvalue weighted by atomic mass is 35.5. The van der Waals surface area contributed by atoms with Gasteiger partial charge in [0.2, 0.25) is 0 Å². The van der Waals surface area contributed by atoms with E-state index in [1.807, 2.05) is 39.0 Å². The van der Waals surface area contributed by atoms with Crippen LogP contribution in [-0.2, 0) is 11.3 Å². The van der Waals surface area contributed by atoms with Crippen LogP contribution in [0.4, 0.5) is 22.0 Å². The Morgan fingerprint density at radius 1 is 1.16 bits per heavy atom. The van der Waals surface area contributed by atoms with Gasteiger partial charge in [0.25, 0.3) is 5.69 Å². The predicted molar refractivity (Wildman–Crippen MR) is 169 cm³/mol. The monoisotopic (exact) mass is 626 g/mol. The second-order valence-corrected chi connectivity index (χ2v) is 12.5. The Bertz CT molecular complexity index is 1840. The standard InChI is InChI=1S/C33H31ClN6O5/c1-32(2,3)45-31(41)39-24-10-13-33(39,14-11-24)12-9-21-16-27-25(18-28(21)40(42)43)30(37-20-36-27)38-22-7-8-29(26(34)17-22)44-19-23-6-4-5-15-35-23/h4-8,15-18,20,24H,10-11,13-14,19H2,1-3H3,(H,36,37,38). The number of fused-ring (bicyclic) bond motifs is 3. The lowest BCUT2D eigenvalue weighted by molar-refractivity contribution is -0.385. The normalized spacial score (nSPS) is 18.8. The van der Waals surface area contributed by atoms with Crippen molar-refractivity contribution >= 4 is 45.8 Å². The van der Waals surface area contributed by atoms with Gasteiger partial charge in [-0.15, -0.1) is 0 Å². The summed E-state index contributed by atoms with van der Waals surface area (Å²) in [6, 6.07) is 13.8. The van der Waals surface area contributed by atoms with E-state index in [0.717, 1.165) is 18.5 Å². The van der Waals surface area contributed by atoms with Gasteiger partial charge in [-0.25, -0.2) is 14.8 Å². The van der Waals surface area contributed by atoms with E-state index in [1.165, 1.54) is 12.4 Å². The van der Waals surface area contributed by atoms with Crippen LogP contribution in [0.25, 0.3) is 10.9 Å². The van der Waals surface area contributed by atoms with Crippen molar-refractivity contribution in [1.82, 2.24) is 19.9 Å². The summed E-state index contributed by atoms with van der Waals surface area (Å²) in [6.45, 7) is 5.75. The van der Waals surface area contributed by atoms with Gasteiger partial charge in [0.15, 0.2) is 0 Å². The molecule has 0 unspecified atom stereocenters. The molecule has 4 aromatic rings. The number of carbonyl (C=O) groups excluding carboxylic acids is 1. The summed E-state index contributed by atoms with van der Waals surface area (Å²) in [5.74, 6) is 7.14. The van der Waals surface area contributed by atoms with E-state index in [4.69, 9.17) is 21.1 Å². The summed E-state index contributed by atoms with van der Waals surface area (Å²) in [5, 5.41) is 16.2. The van der Waals surface area contributed by atoms with Crippen molar-refractivity contribution in [1.29, 1.82) is 0 Å². The average Bonchev–Trinajstić information content (AvgIpc) is 3.55. The third-order valence-corrected chi connectivity index (χ3v) is 8.17. The number of benzene rings is 2. The molecule has 6 rings (SSSR count). The number of anilines is 2. The molecule has 2 aromatic carbocycles. The van der Waals surface area contributed by atoms with Crippen LogP contribution >= 0.6 is 11.6 Å². The maximum absolute atomic E-state index is 13.1. The lowest BCUT2D eigenvalue weighted by Gasteiger charge is -2.32. The minimum atomic E-state index is -0.721. The molecule has 2 saturated heterocycles. The quantitative estimate of drug-likeness (QED) is 0.134. The molecule has 0 saturated carbocycles. The Morgan fingerprint density at radius 3 is 2.64 bits per heavy atom. The number of pyridine rings is 1. The third kappa shape index (κ3) is 6.33. The van der Waals surface area contributed by atoms with Crippen molar-refractivity contribution in [2.24, 2.45) is 0 Å². The zero-order chi connectivity index (χ0) is 31.8. The molecule has 2 aliphatic heterocycles. The van der Waals surface area contributed by atoms with Crippen LogP contribution in [0, 0.1) is 22.0 Å². The maximum Gasteiger partial charge on any atom is 0.411 e. The third-order valence-electron chi connectivity index (χ3n) is 7.87. The molecular formula is C33H31ClN6O5. The number of rotatable bonds is 6. The molecule has 0 spiro atoms. The molecule has 2 aromatic heterocycles. The zero-order valence-electron chi connectivity index (χ0n) is 25.0. The van der Waals surface area contributed by atoms with Crippen molar-refractivity contribution < 1.29 is 19.2 Å². The number of hydrogen-bond acceptors (Lipinski definition) is 9. The predicted octanol–water partition coefficient (Wildman–Crippen LogP) is 7.19. The van der Waals surface area contributed by atoms with E-state index in [9.17, 15) is 14.9 Å². The number of hydrogen-bond donors (Lipinski definition) is 1. The summed E-state index contributed by atoms with van der Waals surface area (Å²) >= 11 is 6.49. The van der Waals surface area contributed by atoms with Crippen LogP contribution in [0.1, 0.15) is 57.7 Å². The largest absolute Gasteiger partial charge is 0.486 e. The van der Waals surface area contributed by atoms with Gasteiger partial charge < -0.3 is 14.8 Å². The number of nitrogens with zero attached hydrogens (tertiary/aromatic N) is 5. The lowest BCUT2D eigenvalue weighted by atomic mass is 9.88. The van der Waals surface area contributed by atoms with E-state index < -0.39 is 22.2 Å². The molecule has 2 fully saturated rings. The molecule has 0 aliphatic carbocycles. The summed E-state index contributed by atoms with van der Waals surface area (Å²) in [5.41, 5.74) is 0.513. The topological polar surface area (TPSA) is 133 Å². The second-order valence-electron chi connectivity index (χ2n) is 12.1. The first-order chi connectivity index (χ1) is 21.5. The molecule has 45 heavy (non-hydrogen) atoms. The number of amides is 1. The van der Waals surface area contributed by atoms with Gasteiger partial charge in [-0.3, -0.25) is 20.0 Å². The van der Waals surface area contributed by atoms with Crippen LogP contribution in [-0.4, -0.2) is 48.1 Å². The number of aromatic nitrogens is 3. The highest BCUT2D eigenvalue weighted by molar-refractivity contribution is 6.32. The molecule has 1 amide bonds. The van der Waals surface area contributed by atoms with Gasteiger partial charge in [-0.1, -0.05) is 29.5 Å². The van der Waals surface area contributed by atoms with Gasteiger partial charge in [0.05, 0.1) is 21.2 Å². The Hall–Kier alpha value is -4.95. The van der Waals surface area contributed by atoms with E-state index in [0.29, 0.717) is 46.0 Å². The lowest BCUT2D eigenvalue weighted by Crippen LogP contribution is -2.46. The van der Waals surface area contributed by atoms with E-state index >= 15 is 0 Å². The first-order valence-electron chi connectivity index (χ1n) is 14.6. The number of halogens is 1. The molecule has 0 atom stereocenters. The van der Waals surface area contributed by atoms with Crippen molar-refractivity contribution in [2.45, 2.75) is 70.2 Å². The molecule has 11 nitrogen and oxygen atoms in total. The first kappa shape index (κ1) is 30.1. The summed E-state index contributed by atoms with van der Waals surface area (Å²) in [4.78, 5) is 39.5. The smallest absolute Gasteiger partial charge is 0.411 e. The van der Waals surface area contributed by atoms with Gasteiger partial charge in [0, 0.05) is 29.4 Å². The fourth-order valence-electron chi connectivity index (χ4n) is 5.84. The van der Waals surface area contributed by atoms with E-state index in [1.54, 1.807) is 35.4 Å². The average molecular weight is 627 g/mol. The fraction of sp³-hybridized carbons (Fsp3) is 0.333. The van der Waals surface area contributed by atoms with Gasteiger partial charge in [-0.05, 0) is 82.9 Å². The Kier molecular flexibility index (Phi) is 7.93. The highest BCUT2D eigenvalue weighted by Crippen LogP contribution is 2.47. The second kappa shape index (κ2) is 11.9. The molecule has 12 heteroatoms. The number of nitro groups is 1. The summed E-state index contributed by atoms with van der Waals surface area (Å²) in [6.07, 6.45) is 5.68. The maximum atomic E-state index is 13.1. The van der Waals surface area contributed by atoms with Crippen LogP contribution in [0.5, 0.6) is 5.75 Å². The van der Waals surface area contributed by atoms with Crippen LogP contribution in [0.15, 0.2) is 61.1 Å². The van der Waals surface area contributed by atoms with Crippen LogP contribution in [0.2, 0.25) is 5.02 Å². The zero-order valence-corrected chi connectivity index (χ0v) is 25.8. The molecule has 2 bridgehead atoms. The minimum absolute atomic E-state index is 0.0529. The molecular weight excluding hydrogens is 596 g/mol. The fourth-order valence-corrected chi connectivity index (χ4v) is 6.08. The van der Waals surface area contributed by atoms with Crippen LogP contribution < -0.4 is 10.1 Å². The minimum Gasteiger partial charge on any atom is -0.486 e. The van der Waals surface area contributed by atoms with Crippen LogP contribution in [0.3, 0.4) is 0 Å². The number of carbonyl (C=O) groups is 1. The van der Waals surface area contributed by atoms with Crippen molar-refractivity contribution in [2.75, 3.05) is 5.32 Å². The molecule has 1 N–H and O–H groups in total. The van der Waals surface area contributed by atoms with E-state index in [2.05, 4.69) is 32.1 Å². The van der Waals surface area contributed by atoms with E-state index in [-0.39, 0.29) is 23.9 Å². The van der Waals surface area contributed by atoms with Gasteiger partial charge in [-0.2, -0.15) is 0 Å². The van der Waals surface area contributed by atoms with Crippen molar-refractivity contribution in [3.63, 3.8) is 0 Å². The molecule has 230 valence electrons. The Balaban J connectivity index is 1.27. The summed E-state index contributed by atoms with van der Waals surface area (Å²) < 4.78 is 11.5.